The van der Waals surface area contributed by atoms with Gasteiger partial charge in [0.1, 0.15) is 29.8 Å². The number of aromatic nitrogens is 2. The number of nitrogens with one attached hydrogen (secondary N) is 2. The molecule has 0 saturated heterocycles. The van der Waals surface area contributed by atoms with Crippen LogP contribution in [0.4, 0.5) is 19.7 Å². The third-order valence-electron chi connectivity index (χ3n) is 9.63. The summed E-state index contributed by atoms with van der Waals surface area (Å²) in [6, 6.07) is 19.2. The molecule has 5 rings (SSSR count). The number of hydrogen-bond acceptors (Lipinski definition) is 10. The summed E-state index contributed by atoms with van der Waals surface area (Å²) in [6.07, 6.45) is 8.85. The highest BCUT2D eigenvalue weighted by atomic mass is 32.2. The molecule has 3 amide bonds. The number of rotatable bonds is 19. The number of thioether (sulfide) groups is 1. The number of benzene rings is 3. The predicted molar refractivity (Wildman–Crippen MR) is 232 cm³/mol. The van der Waals surface area contributed by atoms with Gasteiger partial charge in [-0.15, -0.1) is 22.0 Å². The fourth-order valence-corrected chi connectivity index (χ4v) is 7.51. The van der Waals surface area contributed by atoms with Gasteiger partial charge in [0.2, 0.25) is 5.89 Å². The average Bonchev–Trinajstić information content (AvgIpc) is 3.67. The number of amides is 3. The predicted octanol–water partition coefficient (Wildman–Crippen LogP) is 10.5. The van der Waals surface area contributed by atoms with Crippen molar-refractivity contribution in [3.05, 3.63) is 89.6 Å². The quantitative estimate of drug-likeness (QED) is 0.0875. The number of hydrogen-bond donors (Lipinski definition) is 2. The lowest BCUT2D eigenvalue weighted by atomic mass is 9.97. The van der Waals surface area contributed by atoms with Crippen molar-refractivity contribution in [2.75, 3.05) is 23.8 Å². The molecular weight excluding hydrogens is 786 g/mol. The first-order valence-electron chi connectivity index (χ1n) is 20.9. The summed E-state index contributed by atoms with van der Waals surface area (Å²) in [7, 11) is 0. The third-order valence-corrected chi connectivity index (χ3v) is 10.8. The first-order chi connectivity index (χ1) is 28.7. The minimum Gasteiger partial charge on any atom is -0.494 e. The van der Waals surface area contributed by atoms with E-state index in [1.807, 2.05) is 75.4 Å². The Hall–Kier alpha value is -5.11. The summed E-state index contributed by atoms with van der Waals surface area (Å²) in [5.41, 5.74) is 1.15. The lowest BCUT2D eigenvalue weighted by Crippen LogP contribution is -2.50. The van der Waals surface area contributed by atoms with Gasteiger partial charge in [-0.3, -0.25) is 4.79 Å². The molecule has 0 fully saturated rings. The van der Waals surface area contributed by atoms with Crippen LogP contribution in [0.15, 0.2) is 76.0 Å². The molecule has 0 aliphatic carbocycles. The zero-order valence-electron chi connectivity index (χ0n) is 35.8. The molecule has 1 aliphatic heterocycles. The summed E-state index contributed by atoms with van der Waals surface area (Å²) in [4.78, 5) is 41.0. The van der Waals surface area contributed by atoms with Crippen molar-refractivity contribution in [1.82, 2.24) is 20.8 Å². The van der Waals surface area contributed by atoms with Gasteiger partial charge in [0.25, 0.3) is 11.8 Å². The fraction of sp³-hybridized carbons (Fsp3) is 0.500. The molecule has 0 bridgehead atoms. The minimum atomic E-state index is -0.931. The molecule has 324 valence electrons. The Balaban J connectivity index is 1.07. The molecule has 0 unspecified atom stereocenters. The standard InChI is InChI=1S/C46H60FN5O7S/c1-45(2,3)42-51-50-40(58-42)35-27-38-39(28-36(35)47)60-31-37(49-44(55)59-46(4,5)6)41(53)52(38)29-32-21-23-34(24-22-32)56-26-18-13-11-9-7-8-10-12-17-25-48-43(54)57-30-33-19-15-14-16-20-33/h14-16,19-24,27-28,37H,7-13,17-18,25-26,29-31H2,1-6H3,(H,48,54)(H,49,55)/t37-/m0/s1. The summed E-state index contributed by atoms with van der Waals surface area (Å²) in [5, 5.41) is 13.8. The topological polar surface area (TPSA) is 145 Å². The zero-order valence-corrected chi connectivity index (χ0v) is 36.6. The maximum Gasteiger partial charge on any atom is 0.408 e. The van der Waals surface area contributed by atoms with Gasteiger partial charge in [-0.05, 0) is 69.0 Å². The van der Waals surface area contributed by atoms with Crippen molar-refractivity contribution < 1.29 is 37.4 Å². The van der Waals surface area contributed by atoms with Gasteiger partial charge < -0.3 is 34.2 Å². The molecule has 14 heteroatoms. The SMILES string of the molecule is CC(C)(C)OC(=O)N[C@H]1CSc2cc(F)c(-c3nnc(C(C)(C)C)o3)cc2N(Cc2ccc(OCCCCCCCCCCCNC(=O)OCc3ccccc3)cc2)C1=O. The molecule has 2 heterocycles. The van der Waals surface area contributed by atoms with Crippen LogP contribution >= 0.6 is 11.8 Å². The zero-order chi connectivity index (χ0) is 43.1. The van der Waals surface area contributed by atoms with Crippen molar-refractivity contribution in [2.45, 2.75) is 134 Å². The van der Waals surface area contributed by atoms with Crippen LogP contribution in [0.5, 0.6) is 5.75 Å². The monoisotopic (exact) mass is 845 g/mol. The molecule has 1 aliphatic rings. The molecule has 0 saturated carbocycles. The molecule has 4 aromatic rings. The molecule has 0 radical (unpaired) electrons. The summed E-state index contributed by atoms with van der Waals surface area (Å²) >= 11 is 1.27. The van der Waals surface area contributed by atoms with Crippen LogP contribution in [0.25, 0.3) is 11.5 Å². The number of carbonyl (C=O) groups is 3. The Bertz CT molecular complexity index is 2000. The van der Waals surface area contributed by atoms with E-state index in [1.54, 1.807) is 31.7 Å². The van der Waals surface area contributed by atoms with E-state index in [0.717, 1.165) is 55.4 Å². The van der Waals surface area contributed by atoms with Crippen molar-refractivity contribution in [3.63, 3.8) is 0 Å². The number of fused-ring (bicyclic) bond motifs is 1. The normalized spacial score (nSPS) is 14.3. The highest BCUT2D eigenvalue weighted by Crippen LogP contribution is 2.40. The number of nitrogens with zero attached hydrogens (tertiary/aromatic N) is 3. The van der Waals surface area contributed by atoms with Gasteiger partial charge in [0.05, 0.1) is 24.4 Å². The number of carbonyl (C=O) groups excluding carboxylic acids is 3. The second-order valence-electron chi connectivity index (χ2n) is 17.1. The maximum absolute atomic E-state index is 15.7. The molecule has 0 spiro atoms. The molecule has 3 aromatic carbocycles. The van der Waals surface area contributed by atoms with Crippen LogP contribution < -0.4 is 20.3 Å². The largest absolute Gasteiger partial charge is 0.494 e. The first kappa shape index (κ1) is 46.0. The van der Waals surface area contributed by atoms with Crippen LogP contribution in [-0.4, -0.2) is 58.8 Å². The van der Waals surface area contributed by atoms with Gasteiger partial charge in [-0.2, -0.15) is 0 Å². The molecule has 2 N–H and O–H groups in total. The Labute approximate surface area is 357 Å². The smallest absolute Gasteiger partial charge is 0.408 e. The lowest BCUT2D eigenvalue weighted by molar-refractivity contribution is -0.120. The van der Waals surface area contributed by atoms with Crippen LogP contribution in [0, 0.1) is 5.82 Å². The highest BCUT2D eigenvalue weighted by Gasteiger charge is 2.35. The van der Waals surface area contributed by atoms with Gasteiger partial charge >= 0.3 is 12.2 Å². The number of anilines is 1. The van der Waals surface area contributed by atoms with Gasteiger partial charge in [-0.25, -0.2) is 14.0 Å². The third kappa shape index (κ3) is 14.6. The minimum absolute atomic E-state index is 0.0175. The summed E-state index contributed by atoms with van der Waals surface area (Å²) in [6.45, 7) is 12.7. The number of ether oxygens (including phenoxy) is 3. The number of unbranched alkanes of at least 4 members (excludes halogenated alkanes) is 8. The van der Waals surface area contributed by atoms with Gasteiger partial charge in [0.15, 0.2) is 0 Å². The van der Waals surface area contributed by atoms with E-state index in [1.165, 1.54) is 37.1 Å². The lowest BCUT2D eigenvalue weighted by Gasteiger charge is -2.27. The van der Waals surface area contributed by atoms with Crippen molar-refractivity contribution in [3.8, 4) is 17.2 Å². The maximum atomic E-state index is 15.7. The van der Waals surface area contributed by atoms with E-state index in [0.29, 0.717) is 29.6 Å². The summed E-state index contributed by atoms with van der Waals surface area (Å²) < 4.78 is 38.3. The van der Waals surface area contributed by atoms with E-state index in [4.69, 9.17) is 18.6 Å². The fourth-order valence-electron chi connectivity index (χ4n) is 6.43. The van der Waals surface area contributed by atoms with Crippen LogP contribution in [0.2, 0.25) is 0 Å². The Morgan fingerprint density at radius 2 is 1.52 bits per heavy atom. The molecule has 60 heavy (non-hydrogen) atoms. The second-order valence-corrected chi connectivity index (χ2v) is 18.1. The Morgan fingerprint density at radius 1 is 0.850 bits per heavy atom. The van der Waals surface area contributed by atoms with Crippen LogP contribution in [0.1, 0.15) is 116 Å². The van der Waals surface area contributed by atoms with E-state index in [-0.39, 0.29) is 42.4 Å². The molecule has 12 nitrogen and oxygen atoms in total. The van der Waals surface area contributed by atoms with Crippen LogP contribution in [0.3, 0.4) is 0 Å². The Kier molecular flexibility index (Phi) is 16.8. The van der Waals surface area contributed by atoms with Crippen molar-refractivity contribution in [2.24, 2.45) is 0 Å². The summed E-state index contributed by atoms with van der Waals surface area (Å²) in [5.74, 6) is 0.367. The average molecular weight is 846 g/mol. The van der Waals surface area contributed by atoms with E-state index in [2.05, 4.69) is 20.8 Å². The van der Waals surface area contributed by atoms with E-state index >= 15 is 4.39 Å². The molecular formula is C46H60FN5O7S. The van der Waals surface area contributed by atoms with Crippen LogP contribution in [-0.2, 0) is 32.8 Å². The Morgan fingerprint density at radius 3 is 2.17 bits per heavy atom. The van der Waals surface area contributed by atoms with Crippen molar-refractivity contribution in [1.29, 1.82) is 0 Å². The van der Waals surface area contributed by atoms with E-state index in [9.17, 15) is 14.4 Å². The van der Waals surface area contributed by atoms with Gasteiger partial charge in [-0.1, -0.05) is 108 Å². The van der Waals surface area contributed by atoms with Gasteiger partial charge in [0, 0.05) is 22.6 Å². The number of alkyl carbamates (subject to hydrolysis) is 2. The number of halogens is 1. The molecule has 1 atom stereocenters. The molecule has 1 aromatic heterocycles. The van der Waals surface area contributed by atoms with Crippen molar-refractivity contribution >= 4 is 35.5 Å². The second kappa shape index (κ2) is 21.9. The van der Waals surface area contributed by atoms with E-state index < -0.39 is 29.0 Å². The first-order valence-corrected chi connectivity index (χ1v) is 21.9. The highest BCUT2D eigenvalue weighted by molar-refractivity contribution is 7.99.